The number of anilines is 3. The van der Waals surface area contributed by atoms with E-state index in [0.717, 1.165) is 46.0 Å². The van der Waals surface area contributed by atoms with E-state index in [9.17, 15) is 9.90 Å². The topological polar surface area (TPSA) is 77.9 Å². The molecule has 36 heavy (non-hydrogen) atoms. The molecule has 184 valence electrons. The second-order valence-electron chi connectivity index (χ2n) is 9.01. The number of carboxylic acids is 1. The van der Waals surface area contributed by atoms with Crippen LogP contribution < -0.4 is 15.0 Å². The minimum atomic E-state index is -0.804. The van der Waals surface area contributed by atoms with Crippen LogP contribution in [0, 0.1) is 6.92 Å². The number of fused-ring (bicyclic) bond motifs is 1. The number of aryl methyl sites for hydroxylation is 1. The fourth-order valence-electron chi connectivity index (χ4n) is 4.71. The minimum absolute atomic E-state index is 0.462. The molecular formula is C29H30N4O3. The second kappa shape index (κ2) is 10.7. The summed E-state index contributed by atoms with van der Waals surface area (Å²) in [7, 11) is 0. The predicted octanol–water partition coefficient (Wildman–Crippen LogP) is 4.94. The van der Waals surface area contributed by atoms with Gasteiger partial charge in [-0.3, -0.25) is 9.88 Å². The molecule has 1 unspecified atom stereocenters. The predicted molar refractivity (Wildman–Crippen MR) is 143 cm³/mol. The van der Waals surface area contributed by atoms with E-state index >= 15 is 0 Å². The van der Waals surface area contributed by atoms with Crippen LogP contribution in [-0.2, 0) is 4.79 Å². The monoisotopic (exact) mass is 482 g/mol. The highest BCUT2D eigenvalue weighted by Gasteiger charge is 2.32. The van der Waals surface area contributed by atoms with Crippen molar-refractivity contribution < 1.29 is 14.6 Å². The van der Waals surface area contributed by atoms with E-state index in [4.69, 9.17) is 4.74 Å². The molecule has 1 aromatic heterocycles. The van der Waals surface area contributed by atoms with Crippen LogP contribution in [0.5, 0.6) is 5.75 Å². The van der Waals surface area contributed by atoms with Crippen molar-refractivity contribution >= 4 is 33.9 Å². The molecule has 0 radical (unpaired) electrons. The number of hydrogen-bond donors (Lipinski definition) is 2. The SMILES string of the molecule is Cc1cc(Nc2cccc(OCCN3CCN(c4ccccc4)C(C(=O)O)C3)c2)c2ccccc2n1. The summed E-state index contributed by atoms with van der Waals surface area (Å²) in [4.78, 5) is 20.7. The lowest BCUT2D eigenvalue weighted by atomic mass is 10.1. The highest BCUT2D eigenvalue weighted by Crippen LogP contribution is 2.28. The third kappa shape index (κ3) is 5.42. The van der Waals surface area contributed by atoms with Crippen molar-refractivity contribution in [2.75, 3.05) is 43.0 Å². The standard InChI is InChI=1S/C29H30N4O3/c1-21-18-27(25-12-5-6-13-26(25)30-21)31-22-8-7-11-24(19-22)36-17-16-32-14-15-33(28(20-32)29(34)35)23-9-3-2-4-10-23/h2-13,18-19,28H,14-17,20H2,1H3,(H,30,31)(H,34,35). The quantitative estimate of drug-likeness (QED) is 0.368. The maximum atomic E-state index is 12.0. The van der Waals surface area contributed by atoms with Gasteiger partial charge in [0.1, 0.15) is 18.4 Å². The zero-order valence-electron chi connectivity index (χ0n) is 20.3. The molecule has 0 saturated carbocycles. The third-order valence-electron chi connectivity index (χ3n) is 6.47. The number of nitrogens with zero attached hydrogens (tertiary/aromatic N) is 3. The van der Waals surface area contributed by atoms with Crippen molar-refractivity contribution in [3.8, 4) is 5.75 Å². The minimum Gasteiger partial charge on any atom is -0.492 e. The average Bonchev–Trinajstić information content (AvgIpc) is 2.89. The maximum Gasteiger partial charge on any atom is 0.327 e. The van der Waals surface area contributed by atoms with Gasteiger partial charge >= 0.3 is 5.97 Å². The normalized spacial score (nSPS) is 16.1. The van der Waals surface area contributed by atoms with E-state index in [1.165, 1.54) is 0 Å². The Hall–Kier alpha value is -4.10. The van der Waals surface area contributed by atoms with Crippen LogP contribution in [-0.4, -0.2) is 59.8 Å². The molecule has 5 rings (SSSR count). The highest BCUT2D eigenvalue weighted by atomic mass is 16.5. The first-order valence-corrected chi connectivity index (χ1v) is 12.2. The summed E-state index contributed by atoms with van der Waals surface area (Å²) in [6.07, 6.45) is 0. The average molecular weight is 483 g/mol. The van der Waals surface area contributed by atoms with Gasteiger partial charge in [-0.05, 0) is 43.3 Å². The Kier molecular flexibility index (Phi) is 7.00. The number of carboxylic acid groups (broad SMARTS) is 1. The van der Waals surface area contributed by atoms with Crippen molar-refractivity contribution in [1.82, 2.24) is 9.88 Å². The Morgan fingerprint density at radius 1 is 1.03 bits per heavy atom. The summed E-state index contributed by atoms with van der Waals surface area (Å²) in [6, 6.07) is 27.2. The van der Waals surface area contributed by atoms with Crippen molar-refractivity contribution in [3.63, 3.8) is 0 Å². The number of ether oxygens (including phenoxy) is 1. The zero-order valence-corrected chi connectivity index (χ0v) is 20.3. The number of nitrogens with one attached hydrogen (secondary N) is 1. The lowest BCUT2D eigenvalue weighted by molar-refractivity contribution is -0.139. The van der Waals surface area contributed by atoms with Gasteiger partial charge in [0.15, 0.2) is 0 Å². The van der Waals surface area contributed by atoms with Gasteiger partial charge in [0, 0.05) is 60.4 Å². The molecule has 0 bridgehead atoms. The number of para-hydroxylation sites is 2. The summed E-state index contributed by atoms with van der Waals surface area (Å²) >= 11 is 0. The lowest BCUT2D eigenvalue weighted by Crippen LogP contribution is -2.57. The van der Waals surface area contributed by atoms with Crippen LogP contribution in [0.1, 0.15) is 5.69 Å². The number of hydrogen-bond acceptors (Lipinski definition) is 6. The van der Waals surface area contributed by atoms with Gasteiger partial charge in [-0.2, -0.15) is 0 Å². The van der Waals surface area contributed by atoms with Crippen molar-refractivity contribution in [3.05, 3.63) is 90.6 Å². The smallest absolute Gasteiger partial charge is 0.327 e. The van der Waals surface area contributed by atoms with Crippen molar-refractivity contribution in [1.29, 1.82) is 0 Å². The summed E-state index contributed by atoms with van der Waals surface area (Å²) in [6.45, 7) is 5.06. The van der Waals surface area contributed by atoms with Gasteiger partial charge in [0.25, 0.3) is 0 Å². The van der Waals surface area contributed by atoms with E-state index in [2.05, 4.69) is 21.3 Å². The Balaban J connectivity index is 1.19. The molecule has 0 spiro atoms. The molecule has 0 aliphatic carbocycles. The largest absolute Gasteiger partial charge is 0.492 e. The fraction of sp³-hybridized carbons (Fsp3) is 0.241. The van der Waals surface area contributed by atoms with Crippen LogP contribution >= 0.6 is 0 Å². The third-order valence-corrected chi connectivity index (χ3v) is 6.47. The first-order valence-electron chi connectivity index (χ1n) is 12.2. The second-order valence-corrected chi connectivity index (χ2v) is 9.01. The van der Waals surface area contributed by atoms with E-state index in [-0.39, 0.29) is 0 Å². The zero-order chi connectivity index (χ0) is 24.9. The molecule has 3 aromatic carbocycles. The molecule has 0 amide bonds. The number of carbonyl (C=O) groups is 1. The number of benzene rings is 3. The van der Waals surface area contributed by atoms with Gasteiger partial charge in [-0.15, -0.1) is 0 Å². The van der Waals surface area contributed by atoms with Crippen LogP contribution in [0.25, 0.3) is 10.9 Å². The van der Waals surface area contributed by atoms with Gasteiger partial charge < -0.3 is 20.1 Å². The molecule has 4 aromatic rings. The molecule has 1 atom stereocenters. The van der Waals surface area contributed by atoms with Gasteiger partial charge in [-0.25, -0.2) is 4.79 Å². The number of aromatic nitrogens is 1. The molecule has 7 nitrogen and oxygen atoms in total. The van der Waals surface area contributed by atoms with Crippen molar-refractivity contribution in [2.24, 2.45) is 0 Å². The molecule has 1 aliphatic rings. The first-order chi connectivity index (χ1) is 17.6. The first kappa shape index (κ1) is 23.6. The van der Waals surface area contributed by atoms with E-state index < -0.39 is 12.0 Å². The van der Waals surface area contributed by atoms with Crippen LogP contribution in [0.2, 0.25) is 0 Å². The van der Waals surface area contributed by atoms with E-state index in [0.29, 0.717) is 26.2 Å². The fourth-order valence-corrected chi connectivity index (χ4v) is 4.71. The Morgan fingerprint density at radius 2 is 1.83 bits per heavy atom. The molecule has 1 saturated heterocycles. The number of pyridine rings is 1. The number of aliphatic carboxylic acids is 1. The highest BCUT2D eigenvalue weighted by molar-refractivity contribution is 5.93. The lowest BCUT2D eigenvalue weighted by Gasteiger charge is -2.40. The van der Waals surface area contributed by atoms with Gasteiger partial charge in [0.2, 0.25) is 0 Å². The molecule has 2 N–H and O–H groups in total. The van der Waals surface area contributed by atoms with E-state index in [1.807, 2.05) is 90.7 Å². The Morgan fingerprint density at radius 3 is 2.67 bits per heavy atom. The number of piperazine rings is 1. The molecule has 1 fully saturated rings. The summed E-state index contributed by atoms with van der Waals surface area (Å²) in [5.74, 6) is -0.0325. The van der Waals surface area contributed by atoms with Crippen LogP contribution in [0.3, 0.4) is 0 Å². The summed E-state index contributed by atoms with van der Waals surface area (Å²) < 4.78 is 6.05. The van der Waals surface area contributed by atoms with Gasteiger partial charge in [-0.1, -0.05) is 42.5 Å². The van der Waals surface area contributed by atoms with E-state index in [1.54, 1.807) is 0 Å². The molecule has 2 heterocycles. The Bertz CT molecular complexity index is 1340. The van der Waals surface area contributed by atoms with Crippen LogP contribution in [0.15, 0.2) is 84.9 Å². The van der Waals surface area contributed by atoms with Crippen molar-refractivity contribution in [2.45, 2.75) is 13.0 Å². The summed E-state index contributed by atoms with van der Waals surface area (Å²) in [5, 5.41) is 14.4. The molecular weight excluding hydrogens is 452 g/mol. The Labute approximate surface area is 210 Å². The molecule has 1 aliphatic heterocycles. The van der Waals surface area contributed by atoms with Gasteiger partial charge in [0.05, 0.1) is 5.52 Å². The van der Waals surface area contributed by atoms with Crippen LogP contribution in [0.4, 0.5) is 17.1 Å². The number of rotatable bonds is 8. The maximum absolute atomic E-state index is 12.0. The molecule has 7 heteroatoms. The summed E-state index contributed by atoms with van der Waals surface area (Å²) in [5.41, 5.74) is 4.80.